The van der Waals surface area contributed by atoms with E-state index in [9.17, 15) is 4.79 Å². The molecule has 0 spiro atoms. The first-order chi connectivity index (χ1) is 11.6. The van der Waals surface area contributed by atoms with E-state index in [2.05, 4.69) is 55.2 Å². The number of carbonyl (C=O) groups excluding carboxylic acids is 1. The third-order valence-electron chi connectivity index (χ3n) is 3.32. The minimum atomic E-state index is 0.155. The zero-order valence-electron chi connectivity index (χ0n) is 14.3. The predicted molar refractivity (Wildman–Crippen MR) is 104 cm³/mol. The van der Waals surface area contributed by atoms with Crippen LogP contribution in [0.5, 0.6) is 0 Å². The number of hydrogen-bond acceptors (Lipinski definition) is 6. The molecule has 0 unspecified atom stereocenters. The second-order valence-corrected chi connectivity index (χ2v) is 9.07. The molecule has 1 heterocycles. The summed E-state index contributed by atoms with van der Waals surface area (Å²) in [5.41, 5.74) is 2.41. The lowest BCUT2D eigenvalue weighted by Crippen LogP contribution is -2.32. The Morgan fingerprint density at radius 1 is 1.12 bits per heavy atom. The van der Waals surface area contributed by atoms with Crippen LogP contribution in [0.1, 0.15) is 31.4 Å². The van der Waals surface area contributed by atoms with Gasteiger partial charge in [-0.05, 0) is 24.7 Å². The predicted octanol–water partition coefficient (Wildman–Crippen LogP) is 4.49. The van der Waals surface area contributed by atoms with Crippen molar-refractivity contribution in [2.45, 2.75) is 42.4 Å². The SMILES string of the molecule is CCCN(Cc1ccc(C)cc1)C(=O)CSc1nnc(SCC)s1. The number of hydrogen-bond donors (Lipinski definition) is 0. The van der Waals surface area contributed by atoms with Crippen LogP contribution in [0.2, 0.25) is 0 Å². The van der Waals surface area contributed by atoms with Crippen LogP contribution in [0.4, 0.5) is 0 Å². The first-order valence-corrected chi connectivity index (χ1v) is 10.8. The van der Waals surface area contributed by atoms with E-state index >= 15 is 0 Å². The summed E-state index contributed by atoms with van der Waals surface area (Å²) in [6, 6.07) is 8.37. The molecule has 2 rings (SSSR count). The van der Waals surface area contributed by atoms with Crippen LogP contribution < -0.4 is 0 Å². The quantitative estimate of drug-likeness (QED) is 0.599. The average molecular weight is 382 g/mol. The lowest BCUT2D eigenvalue weighted by molar-refractivity contribution is -0.129. The number of aromatic nitrogens is 2. The van der Waals surface area contributed by atoms with Gasteiger partial charge in [0, 0.05) is 13.1 Å². The Labute approximate surface area is 156 Å². The summed E-state index contributed by atoms with van der Waals surface area (Å²) in [7, 11) is 0. The summed E-state index contributed by atoms with van der Waals surface area (Å²) in [6.07, 6.45) is 0.957. The summed E-state index contributed by atoms with van der Waals surface area (Å²) in [5.74, 6) is 1.55. The zero-order chi connectivity index (χ0) is 17.4. The average Bonchev–Trinajstić information content (AvgIpc) is 3.02. The molecule has 4 nitrogen and oxygen atoms in total. The van der Waals surface area contributed by atoms with Gasteiger partial charge in [0.05, 0.1) is 5.75 Å². The smallest absolute Gasteiger partial charge is 0.233 e. The molecule has 0 atom stereocenters. The van der Waals surface area contributed by atoms with Gasteiger partial charge in [0.2, 0.25) is 5.91 Å². The second-order valence-electron chi connectivity index (χ2n) is 5.36. The van der Waals surface area contributed by atoms with Crippen LogP contribution in [-0.2, 0) is 11.3 Å². The molecule has 1 amide bonds. The first kappa shape index (κ1) is 19.3. The molecule has 0 aliphatic heterocycles. The lowest BCUT2D eigenvalue weighted by atomic mass is 10.1. The maximum atomic E-state index is 12.6. The highest BCUT2D eigenvalue weighted by Crippen LogP contribution is 2.28. The third kappa shape index (κ3) is 6.11. The molecule has 0 bridgehead atoms. The van der Waals surface area contributed by atoms with Gasteiger partial charge in [0.15, 0.2) is 8.68 Å². The van der Waals surface area contributed by atoms with Gasteiger partial charge in [-0.2, -0.15) is 0 Å². The summed E-state index contributed by atoms with van der Waals surface area (Å²) in [6.45, 7) is 7.71. The van der Waals surface area contributed by atoms with Crippen molar-refractivity contribution < 1.29 is 4.79 Å². The van der Waals surface area contributed by atoms with E-state index in [1.54, 1.807) is 23.1 Å². The third-order valence-corrected chi connectivity index (χ3v) is 6.37. The highest BCUT2D eigenvalue weighted by Gasteiger charge is 2.15. The van der Waals surface area contributed by atoms with Crippen LogP contribution >= 0.6 is 34.9 Å². The molecular weight excluding hydrogens is 358 g/mol. The highest BCUT2D eigenvalue weighted by molar-refractivity contribution is 8.03. The fourth-order valence-corrected chi connectivity index (χ4v) is 4.95. The first-order valence-electron chi connectivity index (χ1n) is 8.04. The molecule has 7 heteroatoms. The van der Waals surface area contributed by atoms with E-state index in [1.807, 2.05) is 4.90 Å². The number of nitrogens with zero attached hydrogens (tertiary/aromatic N) is 3. The zero-order valence-corrected chi connectivity index (χ0v) is 16.8. The van der Waals surface area contributed by atoms with Crippen LogP contribution in [0.3, 0.4) is 0 Å². The maximum absolute atomic E-state index is 12.6. The Morgan fingerprint density at radius 2 is 1.79 bits per heavy atom. The Bertz CT molecular complexity index is 643. The topological polar surface area (TPSA) is 46.1 Å². The van der Waals surface area contributed by atoms with Gasteiger partial charge >= 0.3 is 0 Å². The molecule has 0 saturated carbocycles. The number of amides is 1. The van der Waals surface area contributed by atoms with Crippen molar-refractivity contribution in [3.8, 4) is 0 Å². The van der Waals surface area contributed by atoms with Gasteiger partial charge in [0.25, 0.3) is 0 Å². The van der Waals surface area contributed by atoms with Crippen molar-refractivity contribution in [3.05, 3.63) is 35.4 Å². The van der Waals surface area contributed by atoms with E-state index < -0.39 is 0 Å². The summed E-state index contributed by atoms with van der Waals surface area (Å²) >= 11 is 4.73. The van der Waals surface area contributed by atoms with Gasteiger partial charge in [0.1, 0.15) is 0 Å². The summed E-state index contributed by atoms with van der Waals surface area (Å²) in [4.78, 5) is 14.5. The van der Waals surface area contributed by atoms with E-state index in [4.69, 9.17) is 0 Å². The van der Waals surface area contributed by atoms with Crippen molar-refractivity contribution in [3.63, 3.8) is 0 Å². The highest BCUT2D eigenvalue weighted by atomic mass is 32.2. The molecule has 0 saturated heterocycles. The number of benzene rings is 1. The number of thioether (sulfide) groups is 2. The maximum Gasteiger partial charge on any atom is 0.233 e. The molecule has 0 radical (unpaired) electrons. The lowest BCUT2D eigenvalue weighted by Gasteiger charge is -2.22. The molecular formula is C17H23N3OS3. The Morgan fingerprint density at radius 3 is 2.42 bits per heavy atom. The van der Waals surface area contributed by atoms with Crippen LogP contribution in [0.25, 0.3) is 0 Å². The molecule has 0 N–H and O–H groups in total. The number of carbonyl (C=O) groups is 1. The Balaban J connectivity index is 1.91. The van der Waals surface area contributed by atoms with Crippen molar-refractivity contribution >= 4 is 40.8 Å². The van der Waals surface area contributed by atoms with Crippen LogP contribution in [-0.4, -0.2) is 39.1 Å². The number of rotatable bonds is 9. The molecule has 0 aliphatic rings. The Hall–Kier alpha value is -1.05. The molecule has 1 aromatic carbocycles. The normalized spacial score (nSPS) is 10.8. The minimum absolute atomic E-state index is 0.155. The molecule has 130 valence electrons. The summed E-state index contributed by atoms with van der Waals surface area (Å²) in [5, 5.41) is 8.27. The van der Waals surface area contributed by atoms with Gasteiger partial charge in [-0.15, -0.1) is 10.2 Å². The largest absolute Gasteiger partial charge is 0.338 e. The van der Waals surface area contributed by atoms with E-state index in [0.717, 1.165) is 27.4 Å². The minimum Gasteiger partial charge on any atom is -0.338 e. The monoisotopic (exact) mass is 381 g/mol. The summed E-state index contributed by atoms with van der Waals surface area (Å²) < 4.78 is 1.84. The van der Waals surface area contributed by atoms with Crippen molar-refractivity contribution in [1.82, 2.24) is 15.1 Å². The van der Waals surface area contributed by atoms with Crippen LogP contribution in [0.15, 0.2) is 32.9 Å². The molecule has 0 aliphatic carbocycles. The molecule has 2 aromatic rings. The standard InChI is InChI=1S/C17H23N3OS3/c1-4-10-20(11-14-8-6-13(3)7-9-14)15(21)12-23-17-19-18-16(24-17)22-5-2/h6-9H,4-5,10-12H2,1-3H3. The number of aryl methyl sites for hydroxylation is 1. The van der Waals surface area contributed by atoms with E-state index in [0.29, 0.717) is 12.3 Å². The Kier molecular flexibility index (Phi) is 8.08. The van der Waals surface area contributed by atoms with Gasteiger partial charge in [-0.25, -0.2) is 0 Å². The van der Waals surface area contributed by atoms with E-state index in [1.165, 1.54) is 22.9 Å². The van der Waals surface area contributed by atoms with Crippen molar-refractivity contribution in [2.75, 3.05) is 18.1 Å². The van der Waals surface area contributed by atoms with Gasteiger partial charge < -0.3 is 4.90 Å². The van der Waals surface area contributed by atoms with Gasteiger partial charge in [-0.3, -0.25) is 4.79 Å². The van der Waals surface area contributed by atoms with Crippen molar-refractivity contribution in [2.24, 2.45) is 0 Å². The van der Waals surface area contributed by atoms with E-state index in [-0.39, 0.29) is 5.91 Å². The fraction of sp³-hybridized carbons (Fsp3) is 0.471. The molecule has 0 fully saturated rings. The molecule has 24 heavy (non-hydrogen) atoms. The fourth-order valence-electron chi connectivity index (χ4n) is 2.13. The van der Waals surface area contributed by atoms with Gasteiger partial charge in [-0.1, -0.05) is 78.5 Å². The van der Waals surface area contributed by atoms with Crippen molar-refractivity contribution in [1.29, 1.82) is 0 Å². The second kappa shape index (κ2) is 10.1. The van der Waals surface area contributed by atoms with Crippen LogP contribution in [0, 0.1) is 6.92 Å². The molecule has 1 aromatic heterocycles.